The van der Waals surface area contributed by atoms with E-state index in [1.165, 1.54) is 5.56 Å². The predicted molar refractivity (Wildman–Crippen MR) is 100 cm³/mol. The number of likely N-dealkylation sites (tertiary alicyclic amines) is 1. The Labute approximate surface area is 160 Å². The smallest absolute Gasteiger partial charge is 0.410 e. The highest BCUT2D eigenvalue weighted by atomic mass is 35.5. The first kappa shape index (κ1) is 19.0. The number of nitrogens with zero attached hydrogens (tertiary/aromatic N) is 2. The second-order valence-electron chi connectivity index (χ2n) is 7.12. The Morgan fingerprint density at radius 1 is 1.04 bits per heavy atom. The fourth-order valence-corrected chi connectivity index (χ4v) is 4.24. The summed E-state index contributed by atoms with van der Waals surface area (Å²) < 4.78 is 5.02. The molecule has 3 fully saturated rings. The number of rotatable bonds is 3. The van der Waals surface area contributed by atoms with Crippen LogP contribution in [0.2, 0.25) is 0 Å². The van der Waals surface area contributed by atoms with E-state index < -0.39 is 0 Å². The lowest BCUT2D eigenvalue weighted by atomic mass is 10.0. The second-order valence-corrected chi connectivity index (χ2v) is 7.12. The van der Waals surface area contributed by atoms with Crippen LogP contribution in [0.15, 0.2) is 30.3 Å². The molecule has 0 saturated carbocycles. The Morgan fingerprint density at radius 3 is 2.42 bits per heavy atom. The molecule has 0 unspecified atom stereocenters. The molecule has 0 aliphatic carbocycles. The Balaban J connectivity index is 0.00000196. The third-order valence-electron chi connectivity index (χ3n) is 5.66. The van der Waals surface area contributed by atoms with Crippen molar-refractivity contribution >= 4 is 24.4 Å². The van der Waals surface area contributed by atoms with E-state index in [4.69, 9.17) is 4.74 Å². The first-order chi connectivity index (χ1) is 12.2. The molecule has 142 valence electrons. The molecule has 1 N–H and O–H groups in total. The van der Waals surface area contributed by atoms with Gasteiger partial charge in [-0.15, -0.1) is 12.4 Å². The van der Waals surface area contributed by atoms with E-state index in [9.17, 15) is 9.59 Å². The fourth-order valence-electron chi connectivity index (χ4n) is 4.24. The summed E-state index contributed by atoms with van der Waals surface area (Å²) in [6, 6.07) is 10.7. The highest BCUT2D eigenvalue weighted by Crippen LogP contribution is 2.28. The van der Waals surface area contributed by atoms with Crippen molar-refractivity contribution in [3.8, 4) is 0 Å². The number of hydrogen-bond acceptors (Lipinski definition) is 4. The van der Waals surface area contributed by atoms with E-state index in [0.717, 1.165) is 38.8 Å². The molecule has 0 bridgehead atoms. The van der Waals surface area contributed by atoms with Gasteiger partial charge in [0.15, 0.2) is 0 Å². The maximum absolute atomic E-state index is 12.8. The monoisotopic (exact) mass is 379 g/mol. The quantitative estimate of drug-likeness (QED) is 0.875. The summed E-state index contributed by atoms with van der Waals surface area (Å²) in [5.41, 5.74) is 1.25. The van der Waals surface area contributed by atoms with Crippen LogP contribution in [-0.4, -0.2) is 60.1 Å². The molecular weight excluding hydrogens is 354 g/mol. The van der Waals surface area contributed by atoms with Gasteiger partial charge in [-0.25, -0.2) is 4.79 Å². The summed E-state index contributed by atoms with van der Waals surface area (Å²) in [5.74, 6) is 0.209. The third kappa shape index (κ3) is 3.81. The molecule has 2 atom stereocenters. The summed E-state index contributed by atoms with van der Waals surface area (Å²) in [6.07, 6.45) is 3.37. The van der Waals surface area contributed by atoms with Gasteiger partial charge in [-0.2, -0.15) is 0 Å². The van der Waals surface area contributed by atoms with E-state index in [-0.39, 0.29) is 42.5 Å². The first-order valence-electron chi connectivity index (χ1n) is 9.25. The molecular formula is C19H26ClN3O3. The summed E-state index contributed by atoms with van der Waals surface area (Å²) in [6.45, 7) is 2.62. The van der Waals surface area contributed by atoms with Crippen molar-refractivity contribution in [3.63, 3.8) is 0 Å². The molecule has 3 aliphatic rings. The Hall–Kier alpha value is -1.79. The van der Waals surface area contributed by atoms with Gasteiger partial charge in [0.05, 0.1) is 12.6 Å². The zero-order chi connectivity index (χ0) is 17.2. The van der Waals surface area contributed by atoms with Crippen molar-refractivity contribution in [2.75, 3.05) is 26.2 Å². The van der Waals surface area contributed by atoms with E-state index in [2.05, 4.69) is 17.4 Å². The lowest BCUT2D eigenvalue weighted by molar-refractivity contribution is -0.134. The van der Waals surface area contributed by atoms with Gasteiger partial charge in [0.1, 0.15) is 6.61 Å². The number of hydrogen-bond donors (Lipinski definition) is 1. The molecule has 7 heteroatoms. The van der Waals surface area contributed by atoms with Crippen molar-refractivity contribution in [1.29, 1.82) is 0 Å². The molecule has 3 heterocycles. The number of piperidine rings is 1. The topological polar surface area (TPSA) is 61.9 Å². The third-order valence-corrected chi connectivity index (χ3v) is 5.66. The summed E-state index contributed by atoms with van der Waals surface area (Å²) in [4.78, 5) is 28.3. The summed E-state index contributed by atoms with van der Waals surface area (Å²) in [5, 5.41) is 3.50. The fraction of sp³-hybridized carbons (Fsp3) is 0.579. The molecule has 4 rings (SSSR count). The normalized spacial score (nSPS) is 26.5. The molecule has 3 aliphatic heterocycles. The standard InChI is InChI=1S/C19H25N3O3.ClH/c23-18(17-7-6-16(20-17)14-4-2-1-3-5-14)21-10-8-15(9-11-21)22-12-13-25-19(22)24;/h1-5,15-17,20H,6-13H2;1H/t16-,17-;/m1./s1. The predicted octanol–water partition coefficient (Wildman–Crippen LogP) is 2.34. The number of carbonyl (C=O) groups excluding carboxylic acids is 2. The molecule has 3 saturated heterocycles. The highest BCUT2D eigenvalue weighted by molar-refractivity contribution is 5.85. The van der Waals surface area contributed by atoms with Crippen molar-refractivity contribution in [1.82, 2.24) is 15.1 Å². The lowest BCUT2D eigenvalue weighted by Gasteiger charge is -2.36. The molecule has 0 spiro atoms. The van der Waals surface area contributed by atoms with Crippen molar-refractivity contribution in [2.24, 2.45) is 0 Å². The van der Waals surface area contributed by atoms with Crippen LogP contribution in [0.25, 0.3) is 0 Å². The van der Waals surface area contributed by atoms with Gasteiger partial charge in [0.2, 0.25) is 5.91 Å². The maximum Gasteiger partial charge on any atom is 0.410 e. The number of carbonyl (C=O) groups is 2. The molecule has 0 aromatic heterocycles. The van der Waals surface area contributed by atoms with Gasteiger partial charge < -0.3 is 14.5 Å². The number of cyclic esters (lactones) is 1. The van der Waals surface area contributed by atoms with Gasteiger partial charge in [-0.1, -0.05) is 30.3 Å². The lowest BCUT2D eigenvalue weighted by Crippen LogP contribution is -2.51. The number of benzene rings is 1. The van der Waals surface area contributed by atoms with Crippen LogP contribution in [0.1, 0.15) is 37.3 Å². The Morgan fingerprint density at radius 2 is 1.77 bits per heavy atom. The maximum atomic E-state index is 12.8. The van der Waals surface area contributed by atoms with Crippen LogP contribution in [0.4, 0.5) is 4.79 Å². The van der Waals surface area contributed by atoms with Crippen molar-refractivity contribution in [2.45, 2.75) is 43.8 Å². The SMILES string of the molecule is Cl.O=C([C@H]1CC[C@H](c2ccccc2)N1)N1CCC(N2CCOC2=O)CC1. The zero-order valence-electron chi connectivity index (χ0n) is 14.8. The first-order valence-corrected chi connectivity index (χ1v) is 9.25. The number of halogens is 1. The summed E-state index contributed by atoms with van der Waals surface area (Å²) in [7, 11) is 0. The number of ether oxygens (including phenoxy) is 1. The van der Waals surface area contributed by atoms with Crippen LogP contribution < -0.4 is 5.32 Å². The van der Waals surface area contributed by atoms with Crippen LogP contribution in [0.5, 0.6) is 0 Å². The van der Waals surface area contributed by atoms with Gasteiger partial charge in [0, 0.05) is 25.2 Å². The van der Waals surface area contributed by atoms with E-state index in [1.807, 2.05) is 28.0 Å². The molecule has 6 nitrogen and oxygen atoms in total. The van der Waals surface area contributed by atoms with Gasteiger partial charge >= 0.3 is 6.09 Å². The zero-order valence-corrected chi connectivity index (χ0v) is 15.6. The number of amides is 2. The van der Waals surface area contributed by atoms with Crippen LogP contribution in [-0.2, 0) is 9.53 Å². The van der Waals surface area contributed by atoms with E-state index in [0.29, 0.717) is 13.2 Å². The second kappa shape index (κ2) is 8.27. The average molecular weight is 380 g/mol. The van der Waals surface area contributed by atoms with E-state index >= 15 is 0 Å². The molecule has 1 aromatic carbocycles. The molecule has 26 heavy (non-hydrogen) atoms. The summed E-state index contributed by atoms with van der Waals surface area (Å²) >= 11 is 0. The molecule has 1 aromatic rings. The largest absolute Gasteiger partial charge is 0.448 e. The van der Waals surface area contributed by atoms with Crippen LogP contribution in [0.3, 0.4) is 0 Å². The molecule has 0 radical (unpaired) electrons. The van der Waals surface area contributed by atoms with Crippen molar-refractivity contribution in [3.05, 3.63) is 35.9 Å². The van der Waals surface area contributed by atoms with Crippen LogP contribution >= 0.6 is 12.4 Å². The minimum atomic E-state index is -0.201. The Kier molecular flexibility index (Phi) is 6.04. The van der Waals surface area contributed by atoms with E-state index in [1.54, 1.807) is 0 Å². The van der Waals surface area contributed by atoms with Crippen molar-refractivity contribution < 1.29 is 14.3 Å². The molecule has 2 amide bonds. The van der Waals surface area contributed by atoms with Crippen LogP contribution in [0, 0.1) is 0 Å². The number of nitrogens with one attached hydrogen (secondary N) is 1. The van der Waals surface area contributed by atoms with Gasteiger partial charge in [-0.05, 0) is 31.2 Å². The Bertz CT molecular complexity index is 634. The minimum Gasteiger partial charge on any atom is -0.448 e. The van der Waals surface area contributed by atoms with Gasteiger partial charge in [0.25, 0.3) is 0 Å². The highest BCUT2D eigenvalue weighted by Gasteiger charge is 2.36. The van der Waals surface area contributed by atoms with Gasteiger partial charge in [-0.3, -0.25) is 10.1 Å². The average Bonchev–Trinajstić information content (AvgIpc) is 3.31. The minimum absolute atomic E-state index is 0.